The van der Waals surface area contributed by atoms with Crippen LogP contribution in [0.1, 0.15) is 24.8 Å². The Bertz CT molecular complexity index is 1480. The summed E-state index contributed by atoms with van der Waals surface area (Å²) in [5.74, 6) is 0. The maximum absolute atomic E-state index is 12.4. The Morgan fingerprint density at radius 3 is 2.42 bits per heavy atom. The largest absolute Gasteiger partial charge is 0.348 e. The molecule has 152 valence electrons. The molecule has 0 unspecified atom stereocenters. The highest BCUT2D eigenvalue weighted by Crippen LogP contribution is 2.40. The molecule has 6 nitrogen and oxygen atoms in total. The molecule has 5 aromatic rings. The van der Waals surface area contributed by atoms with Gasteiger partial charge in [0.15, 0.2) is 5.65 Å². The second-order valence-electron chi connectivity index (χ2n) is 8.30. The maximum atomic E-state index is 12.4. The van der Waals surface area contributed by atoms with Crippen molar-refractivity contribution in [1.29, 1.82) is 0 Å². The Morgan fingerprint density at radius 2 is 1.71 bits per heavy atom. The molecule has 1 aliphatic rings. The van der Waals surface area contributed by atoms with Crippen molar-refractivity contribution in [3.63, 3.8) is 0 Å². The molecule has 0 saturated heterocycles. The highest BCUT2D eigenvalue weighted by atomic mass is 16.1. The van der Waals surface area contributed by atoms with Crippen molar-refractivity contribution in [1.82, 2.24) is 19.6 Å². The van der Waals surface area contributed by atoms with Gasteiger partial charge in [-0.15, -0.1) is 0 Å². The van der Waals surface area contributed by atoms with E-state index in [1.165, 1.54) is 12.0 Å². The fourth-order valence-corrected chi connectivity index (χ4v) is 4.49. The summed E-state index contributed by atoms with van der Waals surface area (Å²) < 4.78 is 1.57. The minimum atomic E-state index is -0.271. The second-order valence-corrected chi connectivity index (χ2v) is 8.30. The molecule has 3 N–H and O–H groups in total. The smallest absolute Gasteiger partial charge is 0.321 e. The number of nitrogens with one attached hydrogen (secondary N) is 1. The van der Waals surface area contributed by atoms with Crippen LogP contribution in [0.3, 0.4) is 0 Å². The molecule has 6 rings (SSSR count). The number of hydrogen-bond donors (Lipinski definition) is 2. The molecule has 2 aromatic carbocycles. The van der Waals surface area contributed by atoms with Crippen molar-refractivity contribution >= 4 is 16.7 Å². The summed E-state index contributed by atoms with van der Waals surface area (Å²) in [4.78, 5) is 17.4. The Kier molecular flexibility index (Phi) is 3.85. The molecule has 1 saturated carbocycles. The van der Waals surface area contributed by atoms with E-state index in [0.717, 1.165) is 46.3 Å². The SMILES string of the molecule is NC1(c2ccc(-c3nc4ccc5n[nH]c(=O)n5c4cc3-c3ccccc3)cc2)CCC1. The molecular weight excluding hydrogens is 386 g/mol. The van der Waals surface area contributed by atoms with Crippen molar-refractivity contribution in [2.75, 3.05) is 0 Å². The highest BCUT2D eigenvalue weighted by Gasteiger charge is 2.34. The molecule has 0 amide bonds. The molecule has 6 heteroatoms. The molecule has 0 bridgehead atoms. The van der Waals surface area contributed by atoms with Crippen LogP contribution in [-0.2, 0) is 5.54 Å². The molecule has 0 spiro atoms. The molecule has 0 aliphatic heterocycles. The van der Waals surface area contributed by atoms with Crippen molar-refractivity contribution in [3.05, 3.63) is 88.8 Å². The van der Waals surface area contributed by atoms with Gasteiger partial charge in [0.25, 0.3) is 0 Å². The number of benzene rings is 2. The van der Waals surface area contributed by atoms with E-state index in [1.54, 1.807) is 10.5 Å². The maximum Gasteiger partial charge on any atom is 0.348 e. The van der Waals surface area contributed by atoms with E-state index in [9.17, 15) is 4.79 Å². The molecule has 0 atom stereocenters. The molecule has 0 radical (unpaired) electrons. The zero-order valence-electron chi connectivity index (χ0n) is 16.9. The summed E-state index contributed by atoms with van der Waals surface area (Å²) in [5.41, 5.74) is 13.2. The second kappa shape index (κ2) is 6.62. The van der Waals surface area contributed by atoms with Gasteiger partial charge in [0.2, 0.25) is 0 Å². The van der Waals surface area contributed by atoms with Gasteiger partial charge in [-0.05, 0) is 48.6 Å². The fraction of sp³-hybridized carbons (Fsp3) is 0.160. The summed E-state index contributed by atoms with van der Waals surface area (Å²) >= 11 is 0. The number of pyridine rings is 2. The van der Waals surface area contributed by atoms with E-state index in [4.69, 9.17) is 10.7 Å². The first kappa shape index (κ1) is 18.0. The van der Waals surface area contributed by atoms with Gasteiger partial charge in [-0.25, -0.2) is 19.3 Å². The van der Waals surface area contributed by atoms with Crippen LogP contribution in [0.15, 0.2) is 77.6 Å². The number of fused-ring (bicyclic) bond motifs is 3. The molecule has 1 fully saturated rings. The van der Waals surface area contributed by atoms with Crippen LogP contribution in [0, 0.1) is 0 Å². The first-order valence-electron chi connectivity index (χ1n) is 10.5. The number of hydrogen-bond acceptors (Lipinski definition) is 4. The first-order chi connectivity index (χ1) is 15.1. The Hall–Kier alpha value is -3.77. The van der Waals surface area contributed by atoms with Gasteiger partial charge in [-0.2, -0.15) is 5.10 Å². The normalized spacial score (nSPS) is 15.3. The number of aromatic amines is 1. The number of nitrogens with zero attached hydrogens (tertiary/aromatic N) is 3. The van der Waals surface area contributed by atoms with E-state index < -0.39 is 0 Å². The van der Waals surface area contributed by atoms with Crippen LogP contribution in [0.4, 0.5) is 0 Å². The quantitative estimate of drug-likeness (QED) is 0.468. The van der Waals surface area contributed by atoms with E-state index in [-0.39, 0.29) is 11.2 Å². The van der Waals surface area contributed by atoms with Crippen LogP contribution in [-0.4, -0.2) is 19.6 Å². The standard InChI is InChI=1S/C25H21N5O/c26-25(13-4-14-25)18-9-7-17(8-10-18)23-19(16-5-2-1-3-6-16)15-21-20(27-23)11-12-22-28-29-24(31)30(21)22/h1-3,5-12,15H,4,13-14,26H2,(H,29,31). The lowest BCUT2D eigenvalue weighted by molar-refractivity contribution is 0.253. The average molecular weight is 407 g/mol. The lowest BCUT2D eigenvalue weighted by Crippen LogP contribution is -2.43. The predicted molar refractivity (Wildman–Crippen MR) is 122 cm³/mol. The van der Waals surface area contributed by atoms with Crippen molar-refractivity contribution in [2.45, 2.75) is 24.8 Å². The van der Waals surface area contributed by atoms with Gasteiger partial charge in [0, 0.05) is 16.7 Å². The van der Waals surface area contributed by atoms with Gasteiger partial charge in [0.1, 0.15) is 0 Å². The van der Waals surface area contributed by atoms with Crippen LogP contribution >= 0.6 is 0 Å². The fourth-order valence-electron chi connectivity index (χ4n) is 4.49. The van der Waals surface area contributed by atoms with E-state index in [0.29, 0.717) is 5.65 Å². The zero-order valence-corrected chi connectivity index (χ0v) is 16.9. The van der Waals surface area contributed by atoms with Crippen LogP contribution < -0.4 is 11.4 Å². The van der Waals surface area contributed by atoms with E-state index >= 15 is 0 Å². The Morgan fingerprint density at radius 1 is 0.935 bits per heavy atom. The monoisotopic (exact) mass is 407 g/mol. The highest BCUT2D eigenvalue weighted by molar-refractivity contribution is 5.91. The van der Waals surface area contributed by atoms with E-state index in [2.05, 4.69) is 46.6 Å². The topological polar surface area (TPSA) is 89.1 Å². The van der Waals surface area contributed by atoms with Gasteiger partial charge in [0.05, 0.1) is 16.7 Å². The van der Waals surface area contributed by atoms with E-state index in [1.807, 2.05) is 30.3 Å². The lowest BCUT2D eigenvalue weighted by Gasteiger charge is -2.38. The number of H-pyrrole nitrogens is 1. The minimum Gasteiger partial charge on any atom is -0.321 e. The number of rotatable bonds is 3. The van der Waals surface area contributed by atoms with Crippen molar-refractivity contribution < 1.29 is 0 Å². The zero-order chi connectivity index (χ0) is 21.0. The third kappa shape index (κ3) is 2.79. The van der Waals surface area contributed by atoms with Crippen LogP contribution in [0.5, 0.6) is 0 Å². The first-order valence-corrected chi connectivity index (χ1v) is 10.5. The van der Waals surface area contributed by atoms with Crippen LogP contribution in [0.25, 0.3) is 39.1 Å². The summed E-state index contributed by atoms with van der Waals surface area (Å²) in [6.07, 6.45) is 3.25. The molecular formula is C25H21N5O. The van der Waals surface area contributed by atoms with Gasteiger partial charge < -0.3 is 5.73 Å². The van der Waals surface area contributed by atoms with Crippen molar-refractivity contribution in [2.24, 2.45) is 5.73 Å². The van der Waals surface area contributed by atoms with Gasteiger partial charge >= 0.3 is 5.69 Å². The summed E-state index contributed by atoms with van der Waals surface area (Å²) in [7, 11) is 0. The number of nitrogens with two attached hydrogens (primary N) is 1. The molecule has 3 aromatic heterocycles. The van der Waals surface area contributed by atoms with Gasteiger partial charge in [-0.3, -0.25) is 0 Å². The summed E-state index contributed by atoms with van der Waals surface area (Å²) in [6.45, 7) is 0. The predicted octanol–water partition coefficient (Wildman–Crippen LogP) is 4.24. The summed E-state index contributed by atoms with van der Waals surface area (Å²) in [5, 5.41) is 6.61. The Labute approximate surface area is 178 Å². The van der Waals surface area contributed by atoms with Gasteiger partial charge in [-0.1, -0.05) is 54.6 Å². The molecule has 31 heavy (non-hydrogen) atoms. The number of aromatic nitrogens is 4. The molecule has 3 heterocycles. The third-order valence-corrected chi connectivity index (χ3v) is 6.42. The Balaban J connectivity index is 1.60. The summed E-state index contributed by atoms with van der Waals surface area (Å²) in [6, 6.07) is 24.3. The minimum absolute atomic E-state index is 0.189. The average Bonchev–Trinajstić information content (AvgIpc) is 3.18. The third-order valence-electron chi connectivity index (χ3n) is 6.42. The molecule has 1 aliphatic carbocycles. The van der Waals surface area contributed by atoms with Crippen molar-refractivity contribution in [3.8, 4) is 22.4 Å². The van der Waals surface area contributed by atoms with Crippen LogP contribution in [0.2, 0.25) is 0 Å². The lowest BCUT2D eigenvalue weighted by atomic mass is 9.72.